The van der Waals surface area contributed by atoms with Crippen molar-refractivity contribution in [1.82, 2.24) is 0 Å². The summed E-state index contributed by atoms with van der Waals surface area (Å²) in [5.74, 6) is 1.15. The zero-order valence-electron chi connectivity index (χ0n) is 9.36. The fraction of sp³-hybridized carbons (Fsp3) is 0.417. The number of esters is 1. The number of ether oxygens (including phenoxy) is 3. The molecule has 4 nitrogen and oxygen atoms in total. The zero-order chi connectivity index (χ0) is 11.5. The van der Waals surface area contributed by atoms with Crippen LogP contribution in [0.1, 0.15) is 5.56 Å². The van der Waals surface area contributed by atoms with Crippen molar-refractivity contribution in [3.05, 3.63) is 23.8 Å². The van der Waals surface area contributed by atoms with Crippen molar-refractivity contribution in [3.63, 3.8) is 0 Å². The number of carbonyl (C=O) groups excluding carboxylic acids is 1. The van der Waals surface area contributed by atoms with Crippen LogP contribution in [0.2, 0.25) is 0 Å². The summed E-state index contributed by atoms with van der Waals surface area (Å²) in [4.78, 5) is 11.4. The van der Waals surface area contributed by atoms with Gasteiger partial charge in [-0.1, -0.05) is 0 Å². The van der Waals surface area contributed by atoms with Crippen molar-refractivity contribution in [2.75, 3.05) is 20.8 Å². The van der Waals surface area contributed by atoms with Crippen LogP contribution in [-0.2, 0) is 16.0 Å². The summed E-state index contributed by atoms with van der Waals surface area (Å²) in [6.07, 6.45) is 0.638. The van der Waals surface area contributed by atoms with E-state index in [0.29, 0.717) is 13.0 Å². The van der Waals surface area contributed by atoms with Gasteiger partial charge in [0.15, 0.2) is 0 Å². The quantitative estimate of drug-likeness (QED) is 0.710. The van der Waals surface area contributed by atoms with Crippen LogP contribution < -0.4 is 9.47 Å². The highest BCUT2D eigenvalue weighted by Gasteiger charge is 2.26. The molecule has 0 radical (unpaired) electrons. The van der Waals surface area contributed by atoms with E-state index in [1.165, 1.54) is 7.11 Å². The summed E-state index contributed by atoms with van der Waals surface area (Å²) in [5.41, 5.74) is 0.987. The Bertz CT molecular complexity index is 400. The molecule has 0 saturated heterocycles. The Kier molecular flexibility index (Phi) is 2.99. The summed E-state index contributed by atoms with van der Waals surface area (Å²) in [6, 6.07) is 5.60. The topological polar surface area (TPSA) is 44.8 Å². The van der Waals surface area contributed by atoms with Crippen LogP contribution in [0.3, 0.4) is 0 Å². The maximum atomic E-state index is 11.4. The standard InChI is InChI=1S/C12H14O4/c1-14-10-3-4-11-8(6-10)5-9(7-16-11)12(13)15-2/h3-4,6,9H,5,7H2,1-2H3. The average Bonchev–Trinajstić information content (AvgIpc) is 2.36. The lowest BCUT2D eigenvalue weighted by Crippen LogP contribution is -2.29. The summed E-state index contributed by atoms with van der Waals surface area (Å²) in [5, 5.41) is 0. The Morgan fingerprint density at radius 2 is 2.25 bits per heavy atom. The molecule has 0 saturated carbocycles. The largest absolute Gasteiger partial charge is 0.497 e. The lowest BCUT2D eigenvalue weighted by Gasteiger charge is -2.23. The van der Waals surface area contributed by atoms with Gasteiger partial charge >= 0.3 is 5.97 Å². The number of rotatable bonds is 2. The van der Waals surface area contributed by atoms with Gasteiger partial charge in [0, 0.05) is 0 Å². The minimum Gasteiger partial charge on any atom is -0.497 e. The normalized spacial score (nSPS) is 18.2. The van der Waals surface area contributed by atoms with Gasteiger partial charge in [0.1, 0.15) is 18.1 Å². The predicted molar refractivity (Wildman–Crippen MR) is 57.7 cm³/mol. The van der Waals surface area contributed by atoms with Crippen molar-refractivity contribution in [1.29, 1.82) is 0 Å². The molecule has 1 aromatic rings. The Morgan fingerprint density at radius 1 is 1.44 bits per heavy atom. The van der Waals surface area contributed by atoms with Gasteiger partial charge in [-0.15, -0.1) is 0 Å². The summed E-state index contributed by atoms with van der Waals surface area (Å²) < 4.78 is 15.3. The highest BCUT2D eigenvalue weighted by atomic mass is 16.5. The number of hydrogen-bond donors (Lipinski definition) is 0. The van der Waals surface area contributed by atoms with Crippen molar-refractivity contribution in [2.24, 2.45) is 5.92 Å². The van der Waals surface area contributed by atoms with Gasteiger partial charge in [0.25, 0.3) is 0 Å². The van der Waals surface area contributed by atoms with E-state index in [-0.39, 0.29) is 11.9 Å². The smallest absolute Gasteiger partial charge is 0.312 e. The van der Waals surface area contributed by atoms with Crippen LogP contribution in [-0.4, -0.2) is 26.8 Å². The van der Waals surface area contributed by atoms with E-state index in [0.717, 1.165) is 17.1 Å². The highest BCUT2D eigenvalue weighted by molar-refractivity contribution is 5.73. The summed E-state index contributed by atoms with van der Waals surface area (Å²) >= 11 is 0. The maximum absolute atomic E-state index is 11.4. The molecule has 1 aliphatic heterocycles. The van der Waals surface area contributed by atoms with Crippen molar-refractivity contribution in [3.8, 4) is 11.5 Å². The van der Waals surface area contributed by atoms with Gasteiger partial charge in [-0.3, -0.25) is 4.79 Å². The summed E-state index contributed by atoms with van der Waals surface area (Å²) in [7, 11) is 3.01. The predicted octanol–water partition coefficient (Wildman–Crippen LogP) is 1.42. The molecule has 0 aliphatic carbocycles. The van der Waals surface area contributed by atoms with Crippen LogP contribution in [0.15, 0.2) is 18.2 Å². The molecule has 0 amide bonds. The minimum absolute atomic E-state index is 0.218. The second-order valence-electron chi connectivity index (χ2n) is 3.71. The molecule has 1 heterocycles. The number of methoxy groups -OCH3 is 2. The first kappa shape index (κ1) is 10.8. The number of benzene rings is 1. The molecule has 0 N–H and O–H groups in total. The van der Waals surface area contributed by atoms with Crippen molar-refractivity contribution < 1.29 is 19.0 Å². The third-order valence-corrected chi connectivity index (χ3v) is 2.71. The third-order valence-electron chi connectivity index (χ3n) is 2.71. The Hall–Kier alpha value is -1.71. The lowest BCUT2D eigenvalue weighted by atomic mass is 9.97. The van der Waals surface area contributed by atoms with E-state index in [9.17, 15) is 4.79 Å². The zero-order valence-corrected chi connectivity index (χ0v) is 9.36. The Morgan fingerprint density at radius 3 is 2.94 bits per heavy atom. The molecule has 1 unspecified atom stereocenters. The molecule has 1 aromatic carbocycles. The van der Waals surface area contributed by atoms with Crippen LogP contribution in [0.5, 0.6) is 11.5 Å². The van der Waals surface area contributed by atoms with Gasteiger partial charge < -0.3 is 14.2 Å². The molecule has 1 atom stereocenters. The molecule has 1 aliphatic rings. The maximum Gasteiger partial charge on any atom is 0.312 e. The SMILES string of the molecule is COC(=O)C1COc2ccc(OC)cc2C1. The van der Waals surface area contributed by atoms with Crippen molar-refractivity contribution in [2.45, 2.75) is 6.42 Å². The van der Waals surface area contributed by atoms with Gasteiger partial charge in [0.2, 0.25) is 0 Å². The molecule has 0 spiro atoms. The van der Waals surface area contributed by atoms with Gasteiger partial charge in [-0.2, -0.15) is 0 Å². The lowest BCUT2D eigenvalue weighted by molar-refractivity contribution is -0.146. The molecule has 2 rings (SSSR count). The Balaban J connectivity index is 2.21. The van der Waals surface area contributed by atoms with Crippen molar-refractivity contribution >= 4 is 5.97 Å². The number of hydrogen-bond acceptors (Lipinski definition) is 4. The third kappa shape index (κ3) is 1.96. The first-order valence-electron chi connectivity index (χ1n) is 5.12. The first-order valence-corrected chi connectivity index (χ1v) is 5.12. The highest BCUT2D eigenvalue weighted by Crippen LogP contribution is 2.30. The molecule has 86 valence electrons. The fourth-order valence-electron chi connectivity index (χ4n) is 1.82. The fourth-order valence-corrected chi connectivity index (χ4v) is 1.82. The molecule has 0 fully saturated rings. The Labute approximate surface area is 94.1 Å². The summed E-state index contributed by atoms with van der Waals surface area (Å²) in [6.45, 7) is 0.381. The van der Waals surface area contributed by atoms with Crippen LogP contribution in [0.25, 0.3) is 0 Å². The first-order chi connectivity index (χ1) is 7.74. The molecular formula is C12H14O4. The molecule has 0 aromatic heterocycles. The molecule has 16 heavy (non-hydrogen) atoms. The minimum atomic E-state index is -0.228. The van der Waals surface area contributed by atoms with E-state index >= 15 is 0 Å². The second kappa shape index (κ2) is 4.43. The second-order valence-corrected chi connectivity index (χ2v) is 3.71. The van der Waals surface area contributed by atoms with Crippen LogP contribution >= 0.6 is 0 Å². The van der Waals surface area contributed by atoms with E-state index in [4.69, 9.17) is 14.2 Å². The number of carbonyl (C=O) groups is 1. The molecule has 0 bridgehead atoms. The molecular weight excluding hydrogens is 208 g/mol. The van der Waals surface area contributed by atoms with Crippen LogP contribution in [0, 0.1) is 5.92 Å². The monoisotopic (exact) mass is 222 g/mol. The van der Waals surface area contributed by atoms with Gasteiger partial charge in [-0.05, 0) is 30.2 Å². The average molecular weight is 222 g/mol. The van der Waals surface area contributed by atoms with E-state index in [1.807, 2.05) is 18.2 Å². The van der Waals surface area contributed by atoms with E-state index < -0.39 is 0 Å². The molecule has 4 heteroatoms. The number of fused-ring (bicyclic) bond motifs is 1. The van der Waals surface area contributed by atoms with Gasteiger partial charge in [0.05, 0.1) is 20.1 Å². The van der Waals surface area contributed by atoms with Gasteiger partial charge in [-0.25, -0.2) is 0 Å². The van der Waals surface area contributed by atoms with E-state index in [1.54, 1.807) is 7.11 Å². The van der Waals surface area contributed by atoms with Crippen LogP contribution in [0.4, 0.5) is 0 Å². The van der Waals surface area contributed by atoms with E-state index in [2.05, 4.69) is 0 Å².